The number of aryl methyl sites for hydroxylation is 1. The zero-order chi connectivity index (χ0) is 20.6. The summed E-state index contributed by atoms with van der Waals surface area (Å²) in [5, 5.41) is 18.5. The minimum absolute atomic E-state index is 0.0381. The van der Waals surface area contributed by atoms with Crippen molar-refractivity contribution >= 4 is 11.8 Å². The van der Waals surface area contributed by atoms with Crippen LogP contribution in [-0.2, 0) is 12.8 Å². The second-order valence-corrected chi connectivity index (χ2v) is 9.15. The summed E-state index contributed by atoms with van der Waals surface area (Å²) >= 11 is 0. The number of benzene rings is 1. The molecule has 148 valence electrons. The predicted octanol–water partition coefficient (Wildman–Crippen LogP) is 5.63. The molecule has 0 aromatic heterocycles. The third kappa shape index (κ3) is 3.73. The van der Waals surface area contributed by atoms with Crippen molar-refractivity contribution in [1.29, 1.82) is 10.5 Å². The van der Waals surface area contributed by atoms with Crippen molar-refractivity contribution in [2.45, 2.75) is 52.4 Å². The maximum atomic E-state index is 15.3. The Morgan fingerprint density at radius 1 is 1.10 bits per heavy atom. The van der Waals surface area contributed by atoms with Crippen LogP contribution in [-0.4, -0.2) is 13.1 Å². The van der Waals surface area contributed by atoms with E-state index in [1.165, 1.54) is 5.56 Å². The molecule has 1 aliphatic carbocycles. The highest BCUT2D eigenvalue weighted by Gasteiger charge is 2.28. The number of halogens is 1. The van der Waals surface area contributed by atoms with E-state index in [1.807, 2.05) is 36.4 Å². The highest BCUT2D eigenvalue weighted by Crippen LogP contribution is 2.41. The number of nitriles is 2. The van der Waals surface area contributed by atoms with E-state index >= 15 is 4.39 Å². The van der Waals surface area contributed by atoms with E-state index in [4.69, 9.17) is 0 Å². The lowest BCUT2D eigenvalue weighted by Crippen LogP contribution is -2.35. The molecule has 4 heteroatoms. The molecule has 0 fully saturated rings. The Balaban J connectivity index is 1.72. The average molecular weight is 388 g/mol. The Kier molecular flexibility index (Phi) is 5.05. The molecule has 0 bridgehead atoms. The predicted molar refractivity (Wildman–Crippen MR) is 114 cm³/mol. The molecule has 0 N–H and O–H groups in total. The molecule has 0 spiro atoms. The van der Waals surface area contributed by atoms with E-state index in [9.17, 15) is 10.5 Å². The molecule has 3 aliphatic rings. The lowest BCUT2D eigenvalue weighted by atomic mass is 9.74. The molecule has 0 saturated carbocycles. The topological polar surface area (TPSA) is 50.8 Å². The summed E-state index contributed by atoms with van der Waals surface area (Å²) in [7, 11) is 0. The van der Waals surface area contributed by atoms with E-state index in [2.05, 4.69) is 18.7 Å². The van der Waals surface area contributed by atoms with Gasteiger partial charge in [-0.05, 0) is 66.7 Å². The van der Waals surface area contributed by atoms with Crippen LogP contribution in [0, 0.1) is 33.9 Å². The van der Waals surface area contributed by atoms with Crippen LogP contribution in [0.5, 0.6) is 0 Å². The number of nitrogens with zero attached hydrogens (tertiary/aromatic N) is 3. The van der Waals surface area contributed by atoms with Crippen molar-refractivity contribution in [3.63, 3.8) is 0 Å². The van der Waals surface area contributed by atoms with Crippen molar-refractivity contribution < 1.29 is 4.39 Å². The molecule has 1 aromatic rings. The summed E-state index contributed by atoms with van der Waals surface area (Å²) < 4.78 is 15.3. The zero-order valence-electron chi connectivity index (χ0n) is 17.2. The first-order valence-corrected chi connectivity index (χ1v) is 10.4. The quantitative estimate of drug-likeness (QED) is 0.618. The molecule has 0 atom stereocenters. The van der Waals surface area contributed by atoms with Crippen molar-refractivity contribution in [2.75, 3.05) is 18.0 Å². The third-order valence-corrected chi connectivity index (χ3v) is 6.22. The van der Waals surface area contributed by atoms with Gasteiger partial charge < -0.3 is 4.90 Å². The highest BCUT2D eigenvalue weighted by molar-refractivity contribution is 5.69. The van der Waals surface area contributed by atoms with Crippen LogP contribution in [0.25, 0.3) is 6.08 Å². The van der Waals surface area contributed by atoms with Gasteiger partial charge in [-0.3, -0.25) is 0 Å². The van der Waals surface area contributed by atoms with Gasteiger partial charge in [0.1, 0.15) is 23.5 Å². The van der Waals surface area contributed by atoms with Crippen LogP contribution in [0.3, 0.4) is 0 Å². The van der Waals surface area contributed by atoms with Gasteiger partial charge >= 0.3 is 0 Å². The first-order chi connectivity index (χ1) is 13.9. The maximum absolute atomic E-state index is 15.3. The first kappa shape index (κ1) is 19.5. The molecule has 3 nitrogen and oxygen atoms in total. The Labute approximate surface area is 172 Å². The van der Waals surface area contributed by atoms with Crippen LogP contribution in [0.1, 0.15) is 56.2 Å². The number of allylic oxidation sites excluding steroid dienone is 5. The van der Waals surface area contributed by atoms with Gasteiger partial charge in [-0.1, -0.05) is 32.1 Å². The second kappa shape index (κ2) is 7.53. The summed E-state index contributed by atoms with van der Waals surface area (Å²) in [6.07, 6.45) is 11.3. The van der Waals surface area contributed by atoms with Crippen molar-refractivity contribution in [3.05, 3.63) is 57.4 Å². The van der Waals surface area contributed by atoms with E-state index in [-0.39, 0.29) is 16.8 Å². The van der Waals surface area contributed by atoms with Gasteiger partial charge in [-0.2, -0.15) is 10.5 Å². The summed E-state index contributed by atoms with van der Waals surface area (Å²) in [5.41, 5.74) is 5.89. The molecule has 0 amide bonds. The van der Waals surface area contributed by atoms with Gasteiger partial charge in [-0.15, -0.1) is 0 Å². The number of hydrogen-bond donors (Lipinski definition) is 0. The van der Waals surface area contributed by atoms with Gasteiger partial charge in [0, 0.05) is 29.9 Å². The largest absolute Gasteiger partial charge is 0.371 e. The standard InChI is InChI=1S/C25H26FN3/c1-25(2)13-17(11-20(14-25)21(15-27)16-28)7-8-18-12-19-5-3-9-29-10-4-6-22(23(18)26)24(19)29/h7-8,11-12H,3-6,9-10,13-14H2,1-2H3/b8-7+. The van der Waals surface area contributed by atoms with E-state index in [1.54, 1.807) is 0 Å². The lowest BCUT2D eigenvalue weighted by molar-refractivity contribution is 0.354. The third-order valence-electron chi connectivity index (χ3n) is 6.22. The first-order valence-electron chi connectivity index (χ1n) is 10.4. The molecule has 1 aromatic carbocycles. The summed E-state index contributed by atoms with van der Waals surface area (Å²) in [4.78, 5) is 2.35. The number of anilines is 1. The summed E-state index contributed by atoms with van der Waals surface area (Å²) in [5.74, 6) is -0.0900. The minimum Gasteiger partial charge on any atom is -0.371 e. The fraction of sp³-hybridized carbons (Fsp3) is 0.440. The smallest absolute Gasteiger partial charge is 0.135 e. The maximum Gasteiger partial charge on any atom is 0.135 e. The van der Waals surface area contributed by atoms with Gasteiger partial charge in [0.15, 0.2) is 0 Å². The molecule has 29 heavy (non-hydrogen) atoms. The van der Waals surface area contributed by atoms with Gasteiger partial charge in [0.2, 0.25) is 0 Å². The summed E-state index contributed by atoms with van der Waals surface area (Å²) in [6.45, 7) is 6.34. The molecular weight excluding hydrogens is 361 g/mol. The molecular formula is C25H26FN3. The van der Waals surface area contributed by atoms with Crippen LogP contribution in [0.2, 0.25) is 0 Å². The monoisotopic (exact) mass is 387 g/mol. The van der Waals surface area contributed by atoms with E-state index in [0.717, 1.165) is 67.6 Å². The Bertz CT molecular complexity index is 1010. The van der Waals surface area contributed by atoms with Gasteiger partial charge in [0.05, 0.1) is 0 Å². The molecule has 0 unspecified atom stereocenters. The summed E-state index contributed by atoms with van der Waals surface area (Å²) in [6, 6.07) is 6.03. The number of rotatable bonds is 2. The van der Waals surface area contributed by atoms with Crippen LogP contribution < -0.4 is 4.90 Å². The van der Waals surface area contributed by atoms with Crippen molar-refractivity contribution in [2.24, 2.45) is 5.41 Å². The van der Waals surface area contributed by atoms with Crippen LogP contribution in [0.15, 0.2) is 34.9 Å². The molecule has 4 rings (SSSR count). The highest BCUT2D eigenvalue weighted by atomic mass is 19.1. The Hall–Kier alpha value is -2.85. The van der Waals surface area contributed by atoms with Crippen molar-refractivity contribution in [1.82, 2.24) is 0 Å². The van der Waals surface area contributed by atoms with E-state index in [0.29, 0.717) is 12.0 Å². The average Bonchev–Trinajstić information content (AvgIpc) is 2.69. The molecule has 0 saturated heterocycles. The second-order valence-electron chi connectivity index (χ2n) is 9.15. The minimum atomic E-state index is -0.0900. The van der Waals surface area contributed by atoms with Gasteiger partial charge in [0.25, 0.3) is 0 Å². The zero-order valence-corrected chi connectivity index (χ0v) is 17.2. The Morgan fingerprint density at radius 3 is 2.55 bits per heavy atom. The lowest BCUT2D eigenvalue weighted by Gasteiger charge is -2.37. The molecule has 0 radical (unpaired) electrons. The Morgan fingerprint density at radius 2 is 1.83 bits per heavy atom. The fourth-order valence-corrected chi connectivity index (χ4v) is 5.06. The fourth-order valence-electron chi connectivity index (χ4n) is 5.06. The normalized spacial score (nSPS) is 20.0. The van der Waals surface area contributed by atoms with Crippen molar-refractivity contribution in [3.8, 4) is 12.1 Å². The van der Waals surface area contributed by atoms with Crippen LogP contribution in [0.4, 0.5) is 10.1 Å². The number of hydrogen-bond acceptors (Lipinski definition) is 3. The molecule has 2 heterocycles. The molecule has 2 aliphatic heterocycles. The van der Waals surface area contributed by atoms with E-state index < -0.39 is 0 Å². The van der Waals surface area contributed by atoms with Crippen LogP contribution >= 0.6 is 0 Å². The van der Waals surface area contributed by atoms with Gasteiger partial charge in [-0.25, -0.2) is 4.39 Å². The SMILES string of the molecule is CC1(C)CC(/C=C/c2cc3c4c(c2F)CCCN4CCC3)=CC(=C(C#N)C#N)C1.